The normalized spacial score (nSPS) is 13.9. The largest absolute Gasteiger partial charge is 0.326 e. The number of benzene rings is 3. The molecule has 1 saturated carbocycles. The molecule has 196 valence electrons. The van der Waals surface area contributed by atoms with Crippen molar-refractivity contribution in [2.45, 2.75) is 38.9 Å². The highest BCUT2D eigenvalue weighted by Gasteiger charge is 2.24. The molecular formula is C30H33FN6O. The van der Waals surface area contributed by atoms with Crippen LogP contribution >= 0.6 is 0 Å². The average molecular weight is 513 g/mol. The lowest BCUT2D eigenvalue weighted by Crippen LogP contribution is -2.25. The zero-order chi connectivity index (χ0) is 26.6. The van der Waals surface area contributed by atoms with E-state index in [4.69, 9.17) is 11.5 Å². The van der Waals surface area contributed by atoms with Crippen LogP contribution in [0.15, 0.2) is 72.8 Å². The fourth-order valence-electron chi connectivity index (χ4n) is 4.61. The summed E-state index contributed by atoms with van der Waals surface area (Å²) in [7, 11) is 0. The summed E-state index contributed by atoms with van der Waals surface area (Å²) in [5, 5.41) is 10.9. The molecule has 1 amide bonds. The molecule has 8 heteroatoms. The number of aryl methyl sites for hydroxylation is 1. The number of amides is 1. The van der Waals surface area contributed by atoms with Crippen molar-refractivity contribution in [3.8, 4) is 5.69 Å². The lowest BCUT2D eigenvalue weighted by molar-refractivity contribution is 0.101. The minimum Gasteiger partial charge on any atom is -0.326 e. The summed E-state index contributed by atoms with van der Waals surface area (Å²) in [5.41, 5.74) is 17.3. The third-order valence-corrected chi connectivity index (χ3v) is 6.85. The number of nitrogens with zero attached hydrogens (tertiary/aromatic N) is 2. The van der Waals surface area contributed by atoms with E-state index in [1.165, 1.54) is 18.9 Å². The van der Waals surface area contributed by atoms with Crippen LogP contribution in [0.3, 0.4) is 0 Å². The van der Waals surface area contributed by atoms with E-state index in [0.717, 1.165) is 28.8 Å². The molecule has 0 spiro atoms. The predicted molar refractivity (Wildman–Crippen MR) is 147 cm³/mol. The average Bonchev–Trinajstić information content (AvgIpc) is 3.69. The van der Waals surface area contributed by atoms with Crippen LogP contribution in [0.4, 0.5) is 10.1 Å². The Labute approximate surface area is 222 Å². The minimum absolute atomic E-state index is 0.113. The van der Waals surface area contributed by atoms with Crippen LogP contribution in [0.1, 0.15) is 57.3 Å². The quantitative estimate of drug-likeness (QED) is 0.249. The summed E-state index contributed by atoms with van der Waals surface area (Å²) >= 11 is 0. The van der Waals surface area contributed by atoms with Crippen molar-refractivity contribution in [3.05, 3.63) is 112 Å². The van der Waals surface area contributed by atoms with Gasteiger partial charge in [0.05, 0.1) is 23.1 Å². The monoisotopic (exact) mass is 512 g/mol. The van der Waals surface area contributed by atoms with Crippen LogP contribution < -0.4 is 22.1 Å². The van der Waals surface area contributed by atoms with Gasteiger partial charge in [-0.3, -0.25) is 4.79 Å². The SMILES string of the molecule is Cc1cc(C(=O)Nc2cc(C(NCC3CC3)c3cccc(CN)c3)ccc2F)n(-c2cccc(CN)c2)n1. The number of rotatable bonds is 10. The molecule has 0 bridgehead atoms. The second-order valence-corrected chi connectivity index (χ2v) is 9.88. The van der Waals surface area contributed by atoms with Gasteiger partial charge in [0.25, 0.3) is 5.91 Å². The fraction of sp³-hybridized carbons (Fsp3) is 0.267. The minimum atomic E-state index is -0.508. The van der Waals surface area contributed by atoms with E-state index in [-0.39, 0.29) is 11.7 Å². The molecule has 7 nitrogen and oxygen atoms in total. The van der Waals surface area contributed by atoms with Gasteiger partial charge in [-0.1, -0.05) is 42.5 Å². The van der Waals surface area contributed by atoms with E-state index in [0.29, 0.717) is 36.1 Å². The molecule has 1 fully saturated rings. The first-order valence-corrected chi connectivity index (χ1v) is 12.9. The highest BCUT2D eigenvalue weighted by molar-refractivity contribution is 6.03. The molecule has 0 aliphatic heterocycles. The van der Waals surface area contributed by atoms with Gasteiger partial charge in [-0.25, -0.2) is 9.07 Å². The van der Waals surface area contributed by atoms with Gasteiger partial charge < -0.3 is 22.1 Å². The number of carbonyl (C=O) groups excluding carboxylic acids is 1. The van der Waals surface area contributed by atoms with Crippen LogP contribution in [-0.2, 0) is 13.1 Å². The molecule has 1 aromatic heterocycles. The van der Waals surface area contributed by atoms with Gasteiger partial charge in [-0.05, 0) is 84.8 Å². The van der Waals surface area contributed by atoms with Crippen LogP contribution in [0, 0.1) is 18.7 Å². The molecule has 6 N–H and O–H groups in total. The number of halogens is 1. The van der Waals surface area contributed by atoms with E-state index in [1.807, 2.05) is 49.4 Å². The Morgan fingerprint density at radius 1 is 1.00 bits per heavy atom. The number of aromatic nitrogens is 2. The first-order chi connectivity index (χ1) is 18.4. The Kier molecular flexibility index (Phi) is 7.64. The van der Waals surface area contributed by atoms with E-state index in [9.17, 15) is 9.18 Å². The highest BCUT2D eigenvalue weighted by atomic mass is 19.1. The van der Waals surface area contributed by atoms with Crippen molar-refractivity contribution in [1.29, 1.82) is 0 Å². The molecule has 3 aromatic carbocycles. The Bertz CT molecular complexity index is 1440. The molecular weight excluding hydrogens is 479 g/mol. The van der Waals surface area contributed by atoms with Crippen molar-refractivity contribution in [1.82, 2.24) is 15.1 Å². The number of anilines is 1. The lowest BCUT2D eigenvalue weighted by atomic mass is 9.96. The molecule has 0 radical (unpaired) electrons. The first kappa shape index (κ1) is 25.8. The van der Waals surface area contributed by atoms with Crippen molar-refractivity contribution in [2.24, 2.45) is 17.4 Å². The standard InChI is InChI=1S/C30H33FN6O/c1-19-12-28(37(36-19)25-7-3-5-22(14-25)17-33)30(38)35-27-15-24(10-11-26(27)31)29(34-18-20-8-9-20)23-6-2-4-21(13-23)16-32/h2-7,10-15,20,29,34H,8-9,16-18,32-33H2,1H3,(H,35,38). The third kappa shape index (κ3) is 5.83. The Hall–Kier alpha value is -3.85. The summed E-state index contributed by atoms with van der Waals surface area (Å²) in [6.07, 6.45) is 2.43. The summed E-state index contributed by atoms with van der Waals surface area (Å²) in [5.74, 6) is -0.296. The smallest absolute Gasteiger partial charge is 0.274 e. The molecule has 1 aliphatic carbocycles. The number of nitrogens with one attached hydrogen (secondary N) is 2. The van der Waals surface area contributed by atoms with E-state index in [1.54, 1.807) is 22.9 Å². The van der Waals surface area contributed by atoms with Gasteiger partial charge >= 0.3 is 0 Å². The second-order valence-electron chi connectivity index (χ2n) is 9.88. The van der Waals surface area contributed by atoms with E-state index >= 15 is 0 Å². The van der Waals surface area contributed by atoms with Crippen LogP contribution in [0.2, 0.25) is 0 Å². The lowest BCUT2D eigenvalue weighted by Gasteiger charge is -2.22. The van der Waals surface area contributed by atoms with Gasteiger partial charge in [0.2, 0.25) is 0 Å². The van der Waals surface area contributed by atoms with Gasteiger partial charge in [0.1, 0.15) is 11.5 Å². The van der Waals surface area contributed by atoms with Gasteiger partial charge in [0.15, 0.2) is 0 Å². The molecule has 5 rings (SSSR count). The van der Waals surface area contributed by atoms with Crippen LogP contribution in [0.5, 0.6) is 0 Å². The summed E-state index contributed by atoms with van der Waals surface area (Å²) in [4.78, 5) is 13.4. The Morgan fingerprint density at radius 3 is 2.45 bits per heavy atom. The molecule has 4 aromatic rings. The molecule has 1 atom stereocenters. The molecule has 0 saturated heterocycles. The number of carbonyl (C=O) groups is 1. The van der Waals surface area contributed by atoms with Gasteiger partial charge in [-0.2, -0.15) is 5.10 Å². The maximum atomic E-state index is 15.0. The maximum absolute atomic E-state index is 15.0. The number of nitrogens with two attached hydrogens (primary N) is 2. The van der Waals surface area contributed by atoms with Crippen molar-refractivity contribution in [3.63, 3.8) is 0 Å². The zero-order valence-corrected chi connectivity index (χ0v) is 21.5. The van der Waals surface area contributed by atoms with E-state index < -0.39 is 11.7 Å². The van der Waals surface area contributed by atoms with Crippen LogP contribution in [-0.4, -0.2) is 22.2 Å². The maximum Gasteiger partial charge on any atom is 0.274 e. The fourth-order valence-corrected chi connectivity index (χ4v) is 4.61. The highest BCUT2D eigenvalue weighted by Crippen LogP contribution is 2.31. The number of hydrogen-bond donors (Lipinski definition) is 4. The third-order valence-electron chi connectivity index (χ3n) is 6.85. The van der Waals surface area contributed by atoms with Gasteiger partial charge in [-0.15, -0.1) is 0 Å². The molecule has 38 heavy (non-hydrogen) atoms. The summed E-state index contributed by atoms with van der Waals surface area (Å²) in [6.45, 7) is 3.50. The Morgan fingerprint density at radius 2 is 1.71 bits per heavy atom. The molecule has 1 unspecified atom stereocenters. The Balaban J connectivity index is 1.45. The molecule has 1 heterocycles. The molecule has 1 aliphatic rings. The topological polar surface area (TPSA) is 111 Å². The van der Waals surface area contributed by atoms with E-state index in [2.05, 4.69) is 21.8 Å². The second kappa shape index (κ2) is 11.3. The van der Waals surface area contributed by atoms with Crippen molar-refractivity contribution < 1.29 is 9.18 Å². The zero-order valence-electron chi connectivity index (χ0n) is 21.5. The van der Waals surface area contributed by atoms with Crippen molar-refractivity contribution in [2.75, 3.05) is 11.9 Å². The summed E-state index contributed by atoms with van der Waals surface area (Å²) in [6, 6.07) is 22.0. The summed E-state index contributed by atoms with van der Waals surface area (Å²) < 4.78 is 16.6. The number of hydrogen-bond acceptors (Lipinski definition) is 5. The van der Waals surface area contributed by atoms with Crippen LogP contribution in [0.25, 0.3) is 5.69 Å². The predicted octanol–water partition coefficient (Wildman–Crippen LogP) is 4.58. The van der Waals surface area contributed by atoms with Gasteiger partial charge in [0, 0.05) is 13.1 Å². The van der Waals surface area contributed by atoms with Crippen molar-refractivity contribution >= 4 is 11.6 Å². The first-order valence-electron chi connectivity index (χ1n) is 12.9.